The fraction of sp³-hybridized carbons (Fsp3) is 0.400. The maximum absolute atomic E-state index is 12.1. The van der Waals surface area contributed by atoms with Crippen molar-refractivity contribution in [3.63, 3.8) is 0 Å². The van der Waals surface area contributed by atoms with Crippen molar-refractivity contribution in [2.75, 3.05) is 25.0 Å². The van der Waals surface area contributed by atoms with Crippen molar-refractivity contribution in [2.24, 2.45) is 0 Å². The largest absolute Gasteiger partial charge is 0.395 e. The molecule has 6 nitrogen and oxygen atoms in total. The molecule has 0 saturated heterocycles. The van der Waals surface area contributed by atoms with Crippen molar-refractivity contribution in [3.8, 4) is 0 Å². The Hall–Kier alpha value is -1.83. The lowest BCUT2D eigenvalue weighted by molar-refractivity contribution is 0.102. The van der Waals surface area contributed by atoms with Gasteiger partial charge in [-0.15, -0.1) is 10.2 Å². The van der Waals surface area contributed by atoms with Gasteiger partial charge < -0.3 is 10.4 Å². The van der Waals surface area contributed by atoms with Crippen LogP contribution in [0.25, 0.3) is 0 Å². The van der Waals surface area contributed by atoms with Gasteiger partial charge >= 0.3 is 0 Å². The Labute approximate surface area is 133 Å². The minimum absolute atomic E-state index is 0.105. The number of amides is 1. The van der Waals surface area contributed by atoms with E-state index in [9.17, 15) is 4.79 Å². The van der Waals surface area contributed by atoms with Crippen molar-refractivity contribution < 1.29 is 9.90 Å². The van der Waals surface area contributed by atoms with E-state index in [1.54, 1.807) is 0 Å². The van der Waals surface area contributed by atoms with Crippen LogP contribution < -0.4 is 5.32 Å². The van der Waals surface area contributed by atoms with Crippen LogP contribution >= 0.6 is 11.3 Å². The maximum Gasteiger partial charge on any atom is 0.286 e. The van der Waals surface area contributed by atoms with E-state index >= 15 is 0 Å². The number of rotatable bonds is 7. The number of nitrogens with zero attached hydrogens (tertiary/aromatic N) is 3. The standard InChI is InChI=1S/C15H20N4O2S/c1-3-19(8-9-20)10-13-17-18-15(22-13)14(21)16-12-6-4-11(2)5-7-12/h4-7,20H,3,8-10H2,1-2H3,(H,16,21). The minimum atomic E-state index is -0.252. The molecule has 0 fully saturated rings. The Kier molecular flexibility index (Phi) is 6.00. The van der Waals surface area contributed by atoms with Crippen LogP contribution in [-0.4, -0.2) is 45.8 Å². The van der Waals surface area contributed by atoms with Crippen LogP contribution in [0.1, 0.15) is 27.3 Å². The third-order valence-electron chi connectivity index (χ3n) is 3.19. The summed E-state index contributed by atoms with van der Waals surface area (Å²) in [6.07, 6.45) is 0. The highest BCUT2D eigenvalue weighted by Crippen LogP contribution is 2.15. The molecule has 0 aliphatic rings. The monoisotopic (exact) mass is 320 g/mol. The second-order valence-corrected chi connectivity index (χ2v) is 5.98. The molecule has 0 saturated carbocycles. The zero-order valence-electron chi connectivity index (χ0n) is 12.7. The SMILES string of the molecule is CCN(CCO)Cc1nnc(C(=O)Nc2ccc(C)cc2)s1. The lowest BCUT2D eigenvalue weighted by atomic mass is 10.2. The summed E-state index contributed by atoms with van der Waals surface area (Å²) < 4.78 is 0. The Balaban J connectivity index is 1.98. The van der Waals surface area contributed by atoms with Crippen LogP contribution in [0.2, 0.25) is 0 Å². The van der Waals surface area contributed by atoms with Crippen LogP contribution in [0, 0.1) is 6.92 Å². The number of aryl methyl sites for hydroxylation is 1. The summed E-state index contributed by atoms with van der Waals surface area (Å²) in [6.45, 7) is 6.10. The first-order valence-electron chi connectivity index (χ1n) is 7.16. The summed E-state index contributed by atoms with van der Waals surface area (Å²) in [5.41, 5.74) is 1.88. The molecule has 0 atom stereocenters. The molecule has 2 aromatic rings. The van der Waals surface area contributed by atoms with E-state index in [4.69, 9.17) is 5.11 Å². The number of aliphatic hydroxyl groups is 1. The van der Waals surface area contributed by atoms with Crippen LogP contribution in [0.5, 0.6) is 0 Å². The van der Waals surface area contributed by atoms with Gasteiger partial charge in [0.25, 0.3) is 5.91 Å². The Bertz CT molecular complexity index is 612. The van der Waals surface area contributed by atoms with E-state index in [1.165, 1.54) is 11.3 Å². The number of benzene rings is 1. The molecule has 1 aromatic heterocycles. The van der Waals surface area contributed by atoms with Crippen LogP contribution in [0.3, 0.4) is 0 Å². The number of aromatic nitrogens is 2. The van der Waals surface area contributed by atoms with Gasteiger partial charge in [-0.2, -0.15) is 0 Å². The fourth-order valence-electron chi connectivity index (χ4n) is 1.91. The van der Waals surface area contributed by atoms with Crippen molar-refractivity contribution in [2.45, 2.75) is 20.4 Å². The zero-order chi connectivity index (χ0) is 15.9. The molecular formula is C15H20N4O2S. The lowest BCUT2D eigenvalue weighted by Crippen LogP contribution is -2.25. The molecule has 0 aliphatic carbocycles. The smallest absolute Gasteiger partial charge is 0.286 e. The first-order chi connectivity index (χ1) is 10.6. The van der Waals surface area contributed by atoms with E-state index in [2.05, 4.69) is 15.5 Å². The van der Waals surface area contributed by atoms with Gasteiger partial charge in [-0.25, -0.2) is 0 Å². The number of hydrogen-bond donors (Lipinski definition) is 2. The summed E-state index contributed by atoms with van der Waals surface area (Å²) in [7, 11) is 0. The second kappa shape index (κ2) is 7.98. The molecule has 2 N–H and O–H groups in total. The van der Waals surface area contributed by atoms with Gasteiger partial charge in [-0.1, -0.05) is 36.0 Å². The molecular weight excluding hydrogens is 300 g/mol. The van der Waals surface area contributed by atoms with Gasteiger partial charge in [-0.3, -0.25) is 9.69 Å². The molecule has 1 amide bonds. The molecule has 0 unspecified atom stereocenters. The summed E-state index contributed by atoms with van der Waals surface area (Å²) >= 11 is 1.28. The minimum Gasteiger partial charge on any atom is -0.395 e. The summed E-state index contributed by atoms with van der Waals surface area (Å²) in [5.74, 6) is -0.252. The predicted octanol–water partition coefficient (Wildman–Crippen LogP) is 1.91. The molecule has 1 heterocycles. The van der Waals surface area contributed by atoms with Crippen molar-refractivity contribution >= 4 is 22.9 Å². The highest BCUT2D eigenvalue weighted by atomic mass is 32.1. The summed E-state index contributed by atoms with van der Waals surface area (Å²) in [5, 5.41) is 20.9. The normalized spacial score (nSPS) is 10.9. The topological polar surface area (TPSA) is 78.3 Å². The van der Waals surface area contributed by atoms with E-state index in [1.807, 2.05) is 43.0 Å². The van der Waals surface area contributed by atoms with E-state index in [0.29, 0.717) is 18.1 Å². The number of hydrogen-bond acceptors (Lipinski definition) is 6. The molecule has 0 spiro atoms. The van der Waals surface area contributed by atoms with Gasteiger partial charge in [0.15, 0.2) is 0 Å². The fourth-order valence-corrected chi connectivity index (χ4v) is 2.69. The Morgan fingerprint density at radius 2 is 2.05 bits per heavy atom. The number of anilines is 1. The third-order valence-corrected chi connectivity index (χ3v) is 4.10. The number of carbonyl (C=O) groups is 1. The predicted molar refractivity (Wildman–Crippen MR) is 87.1 cm³/mol. The first-order valence-corrected chi connectivity index (χ1v) is 7.97. The first kappa shape index (κ1) is 16.5. The molecule has 7 heteroatoms. The molecule has 2 rings (SSSR count). The highest BCUT2D eigenvalue weighted by molar-refractivity contribution is 7.13. The molecule has 0 aliphatic heterocycles. The van der Waals surface area contributed by atoms with Gasteiger partial charge in [0.1, 0.15) is 5.01 Å². The number of carbonyl (C=O) groups excluding carboxylic acids is 1. The van der Waals surface area contributed by atoms with E-state index < -0.39 is 0 Å². The summed E-state index contributed by atoms with van der Waals surface area (Å²) in [4.78, 5) is 14.2. The molecule has 22 heavy (non-hydrogen) atoms. The van der Waals surface area contributed by atoms with Crippen molar-refractivity contribution in [1.82, 2.24) is 15.1 Å². The summed E-state index contributed by atoms with van der Waals surface area (Å²) in [6, 6.07) is 7.59. The number of likely N-dealkylation sites (N-methyl/N-ethyl adjacent to an activating group) is 1. The number of nitrogens with one attached hydrogen (secondary N) is 1. The van der Waals surface area contributed by atoms with Gasteiger partial charge in [0.05, 0.1) is 13.2 Å². The number of aliphatic hydroxyl groups excluding tert-OH is 1. The average Bonchev–Trinajstić information content (AvgIpc) is 2.98. The second-order valence-electron chi connectivity index (χ2n) is 4.91. The van der Waals surface area contributed by atoms with E-state index in [0.717, 1.165) is 22.8 Å². The molecule has 0 radical (unpaired) electrons. The molecule has 1 aromatic carbocycles. The van der Waals surface area contributed by atoms with Gasteiger partial charge in [0.2, 0.25) is 5.01 Å². The molecule has 0 bridgehead atoms. The van der Waals surface area contributed by atoms with Crippen LogP contribution in [-0.2, 0) is 6.54 Å². The van der Waals surface area contributed by atoms with E-state index in [-0.39, 0.29) is 12.5 Å². The van der Waals surface area contributed by atoms with Crippen molar-refractivity contribution in [3.05, 3.63) is 39.8 Å². The Morgan fingerprint density at radius 3 is 2.68 bits per heavy atom. The zero-order valence-corrected chi connectivity index (χ0v) is 13.6. The highest BCUT2D eigenvalue weighted by Gasteiger charge is 2.14. The van der Waals surface area contributed by atoms with Crippen LogP contribution in [0.4, 0.5) is 5.69 Å². The average molecular weight is 320 g/mol. The molecule has 118 valence electrons. The van der Waals surface area contributed by atoms with Gasteiger partial charge in [0, 0.05) is 12.2 Å². The van der Waals surface area contributed by atoms with Gasteiger partial charge in [-0.05, 0) is 25.6 Å². The third kappa shape index (κ3) is 4.59. The van der Waals surface area contributed by atoms with Crippen LogP contribution in [0.15, 0.2) is 24.3 Å². The Morgan fingerprint density at radius 1 is 1.32 bits per heavy atom. The van der Waals surface area contributed by atoms with Crippen molar-refractivity contribution in [1.29, 1.82) is 0 Å². The quantitative estimate of drug-likeness (QED) is 0.815. The maximum atomic E-state index is 12.1. The lowest BCUT2D eigenvalue weighted by Gasteiger charge is -2.16.